The maximum Gasteiger partial charge on any atom is 0.246 e. The largest absolute Gasteiger partial charge is 0.387 e. The molecule has 0 fully saturated rings. The van der Waals surface area contributed by atoms with Crippen molar-refractivity contribution in [1.29, 1.82) is 0 Å². The van der Waals surface area contributed by atoms with Gasteiger partial charge in [0.15, 0.2) is 0 Å². The lowest BCUT2D eigenvalue weighted by atomic mass is 10.0. The van der Waals surface area contributed by atoms with Gasteiger partial charge in [-0.1, -0.05) is 13.8 Å². The van der Waals surface area contributed by atoms with Crippen molar-refractivity contribution in [1.82, 2.24) is 5.32 Å². The molecule has 5 heteroatoms. The Hall–Kier alpha value is -1.10. The highest BCUT2D eigenvalue weighted by molar-refractivity contribution is 5.87. The monoisotopic (exact) mass is 174 g/mol. The number of rotatable bonds is 4. The van der Waals surface area contributed by atoms with Gasteiger partial charge in [0.1, 0.15) is 12.6 Å². The Morgan fingerprint density at radius 3 is 2.25 bits per heavy atom. The number of nitrogens with one attached hydrogen (secondary N) is 1. The zero-order valence-electron chi connectivity index (χ0n) is 7.20. The highest BCUT2D eigenvalue weighted by atomic mass is 16.3. The van der Waals surface area contributed by atoms with Crippen LogP contribution < -0.4 is 11.1 Å². The van der Waals surface area contributed by atoms with Crippen LogP contribution >= 0.6 is 0 Å². The lowest BCUT2D eigenvalue weighted by Gasteiger charge is -2.17. The molecule has 2 amide bonds. The maximum absolute atomic E-state index is 10.7. The fourth-order valence-corrected chi connectivity index (χ4v) is 0.785. The smallest absolute Gasteiger partial charge is 0.246 e. The number of amides is 2. The van der Waals surface area contributed by atoms with Crippen molar-refractivity contribution in [3.8, 4) is 0 Å². The summed E-state index contributed by atoms with van der Waals surface area (Å²) in [5.74, 6) is -1.25. The number of carbonyl (C=O) groups is 2. The standard InChI is InChI=1S/C7H14N2O3/c1-4(2)6(7(8)12)9-5(11)3-10/h4,6,10H,3H2,1-2H3,(H2,8,12)(H,9,11)/t6-/m0/s1. The van der Waals surface area contributed by atoms with Gasteiger partial charge in [-0.3, -0.25) is 9.59 Å². The van der Waals surface area contributed by atoms with E-state index in [1.807, 2.05) is 0 Å². The van der Waals surface area contributed by atoms with E-state index in [4.69, 9.17) is 10.8 Å². The van der Waals surface area contributed by atoms with Gasteiger partial charge in [0.05, 0.1) is 0 Å². The minimum absolute atomic E-state index is 0.0713. The summed E-state index contributed by atoms with van der Waals surface area (Å²) in [6, 6.07) is -0.704. The molecule has 0 unspecified atom stereocenters. The topological polar surface area (TPSA) is 92.4 Å². The minimum atomic E-state index is -0.704. The molecule has 0 aliphatic rings. The quantitative estimate of drug-likeness (QED) is 0.489. The van der Waals surface area contributed by atoms with Crippen LogP contribution in [-0.2, 0) is 9.59 Å². The van der Waals surface area contributed by atoms with E-state index in [1.54, 1.807) is 13.8 Å². The van der Waals surface area contributed by atoms with E-state index in [-0.39, 0.29) is 5.92 Å². The van der Waals surface area contributed by atoms with E-state index >= 15 is 0 Å². The van der Waals surface area contributed by atoms with Crippen molar-refractivity contribution in [2.45, 2.75) is 19.9 Å². The van der Waals surface area contributed by atoms with Crippen LogP contribution in [0.25, 0.3) is 0 Å². The van der Waals surface area contributed by atoms with E-state index in [0.717, 1.165) is 0 Å². The Kier molecular flexibility index (Phi) is 4.28. The molecule has 0 aromatic heterocycles. The maximum atomic E-state index is 10.7. The normalized spacial score (nSPS) is 12.7. The number of nitrogens with two attached hydrogens (primary N) is 1. The molecule has 0 heterocycles. The first-order valence-electron chi connectivity index (χ1n) is 3.68. The second-order valence-electron chi connectivity index (χ2n) is 2.85. The molecule has 0 saturated carbocycles. The molecule has 12 heavy (non-hydrogen) atoms. The number of hydrogen-bond donors (Lipinski definition) is 3. The van der Waals surface area contributed by atoms with Gasteiger partial charge in [0, 0.05) is 0 Å². The van der Waals surface area contributed by atoms with E-state index in [1.165, 1.54) is 0 Å². The Balaban J connectivity index is 4.14. The Morgan fingerprint density at radius 2 is 2.00 bits per heavy atom. The SMILES string of the molecule is CC(C)[C@H](NC(=O)CO)C(N)=O. The van der Waals surface area contributed by atoms with E-state index in [0.29, 0.717) is 0 Å². The van der Waals surface area contributed by atoms with Crippen LogP contribution in [-0.4, -0.2) is 29.6 Å². The Bertz CT molecular complexity index is 179. The third-order valence-electron chi connectivity index (χ3n) is 1.43. The van der Waals surface area contributed by atoms with Crippen LogP contribution in [0.5, 0.6) is 0 Å². The number of aliphatic hydroxyl groups is 1. The van der Waals surface area contributed by atoms with Crippen LogP contribution in [0.1, 0.15) is 13.8 Å². The van der Waals surface area contributed by atoms with E-state index in [9.17, 15) is 9.59 Å². The molecule has 1 atom stereocenters. The van der Waals surface area contributed by atoms with Crippen molar-refractivity contribution in [3.05, 3.63) is 0 Å². The molecule has 0 aromatic carbocycles. The highest BCUT2D eigenvalue weighted by Gasteiger charge is 2.20. The molecule has 70 valence electrons. The van der Waals surface area contributed by atoms with E-state index in [2.05, 4.69) is 5.32 Å². The third-order valence-corrected chi connectivity index (χ3v) is 1.43. The number of hydrogen-bond acceptors (Lipinski definition) is 3. The zero-order valence-corrected chi connectivity index (χ0v) is 7.20. The number of aliphatic hydroxyl groups excluding tert-OH is 1. The van der Waals surface area contributed by atoms with Crippen LogP contribution in [0.2, 0.25) is 0 Å². The first-order chi connectivity index (χ1) is 5.49. The predicted octanol–water partition coefficient (Wildman–Crippen LogP) is -1.40. The summed E-state index contributed by atoms with van der Waals surface area (Å²) >= 11 is 0. The van der Waals surface area contributed by atoms with Gasteiger partial charge >= 0.3 is 0 Å². The second-order valence-corrected chi connectivity index (χ2v) is 2.85. The van der Waals surface area contributed by atoms with Crippen LogP contribution in [0.3, 0.4) is 0 Å². The lowest BCUT2D eigenvalue weighted by Crippen LogP contribution is -2.48. The number of primary amides is 1. The summed E-state index contributed by atoms with van der Waals surface area (Å²) < 4.78 is 0. The highest BCUT2D eigenvalue weighted by Crippen LogP contribution is 1.99. The summed E-state index contributed by atoms with van der Waals surface area (Å²) in [4.78, 5) is 21.4. The van der Waals surface area contributed by atoms with Gasteiger partial charge in [-0.15, -0.1) is 0 Å². The molecule has 4 N–H and O–H groups in total. The molecule has 0 aliphatic carbocycles. The molecular weight excluding hydrogens is 160 g/mol. The van der Waals surface area contributed by atoms with Gasteiger partial charge in [-0.2, -0.15) is 0 Å². The van der Waals surface area contributed by atoms with Crippen LogP contribution in [0, 0.1) is 5.92 Å². The first-order valence-corrected chi connectivity index (χ1v) is 3.68. The Labute approximate surface area is 70.9 Å². The van der Waals surface area contributed by atoms with Crippen molar-refractivity contribution >= 4 is 11.8 Å². The summed E-state index contributed by atoms with van der Waals surface area (Å²) in [5, 5.41) is 10.7. The Morgan fingerprint density at radius 1 is 1.50 bits per heavy atom. The molecule has 0 spiro atoms. The average Bonchev–Trinajstić information content (AvgIpc) is 1.98. The van der Waals surface area contributed by atoms with Gasteiger partial charge < -0.3 is 16.2 Å². The molecule has 0 aromatic rings. The summed E-state index contributed by atoms with van der Waals surface area (Å²) in [7, 11) is 0. The average molecular weight is 174 g/mol. The molecule has 0 bridgehead atoms. The van der Waals surface area contributed by atoms with Gasteiger partial charge in [0.2, 0.25) is 11.8 Å². The zero-order chi connectivity index (χ0) is 9.72. The summed E-state index contributed by atoms with van der Waals surface area (Å²) in [6.45, 7) is 2.89. The van der Waals surface area contributed by atoms with E-state index < -0.39 is 24.5 Å². The molecule has 5 nitrogen and oxygen atoms in total. The van der Waals surface area contributed by atoms with Crippen molar-refractivity contribution < 1.29 is 14.7 Å². The molecule has 0 rings (SSSR count). The van der Waals surface area contributed by atoms with Crippen LogP contribution in [0.4, 0.5) is 0 Å². The minimum Gasteiger partial charge on any atom is -0.387 e. The molecular formula is C7H14N2O3. The third kappa shape index (κ3) is 3.34. The predicted molar refractivity (Wildman–Crippen MR) is 43.0 cm³/mol. The van der Waals surface area contributed by atoms with Crippen molar-refractivity contribution in [2.24, 2.45) is 11.7 Å². The second kappa shape index (κ2) is 4.71. The summed E-state index contributed by atoms with van der Waals surface area (Å²) in [6.07, 6.45) is 0. The first kappa shape index (κ1) is 10.9. The fraction of sp³-hybridized carbons (Fsp3) is 0.714. The lowest BCUT2D eigenvalue weighted by molar-refractivity contribution is -0.129. The van der Waals surface area contributed by atoms with Crippen molar-refractivity contribution in [3.63, 3.8) is 0 Å². The summed E-state index contributed by atoms with van der Waals surface area (Å²) in [5.41, 5.74) is 5.01. The van der Waals surface area contributed by atoms with Gasteiger partial charge in [0.25, 0.3) is 0 Å². The molecule has 0 saturated heterocycles. The number of carbonyl (C=O) groups excluding carboxylic acids is 2. The molecule has 0 radical (unpaired) electrons. The van der Waals surface area contributed by atoms with Crippen molar-refractivity contribution in [2.75, 3.05) is 6.61 Å². The van der Waals surface area contributed by atoms with Gasteiger partial charge in [-0.25, -0.2) is 0 Å². The van der Waals surface area contributed by atoms with Crippen LogP contribution in [0.15, 0.2) is 0 Å². The fourth-order valence-electron chi connectivity index (χ4n) is 0.785. The molecule has 0 aliphatic heterocycles. The van der Waals surface area contributed by atoms with Gasteiger partial charge in [-0.05, 0) is 5.92 Å².